The molecule has 0 aliphatic carbocycles. The first-order valence-electron chi connectivity index (χ1n) is 7.08. The fourth-order valence-corrected chi connectivity index (χ4v) is 3.25. The van der Waals surface area contributed by atoms with Gasteiger partial charge in [0.25, 0.3) is 5.89 Å². The van der Waals surface area contributed by atoms with Crippen LogP contribution in [0.25, 0.3) is 22.2 Å². The van der Waals surface area contributed by atoms with E-state index in [0.29, 0.717) is 15.8 Å². The van der Waals surface area contributed by atoms with E-state index in [1.165, 1.54) is 22.1 Å². The minimum Gasteiger partial charge on any atom is -0.477 e. The third-order valence-corrected chi connectivity index (χ3v) is 4.59. The molecule has 2 N–H and O–H groups in total. The van der Waals surface area contributed by atoms with E-state index in [-0.39, 0.29) is 23.8 Å². The molecule has 0 atom stereocenters. The van der Waals surface area contributed by atoms with Crippen LogP contribution in [0.3, 0.4) is 0 Å². The zero-order valence-electron chi connectivity index (χ0n) is 12.7. The van der Waals surface area contributed by atoms with E-state index in [4.69, 9.17) is 20.5 Å². The highest BCUT2D eigenvalue weighted by Gasteiger charge is 2.20. The molecule has 10 nitrogen and oxygen atoms in total. The maximum atomic E-state index is 11.5. The monoisotopic (exact) mass is 393 g/mol. The molecule has 4 rings (SSSR count). The number of nitrogens with one attached hydrogen (secondary N) is 1. The van der Waals surface area contributed by atoms with Gasteiger partial charge in [-0.3, -0.25) is 4.68 Å². The molecule has 0 fully saturated rings. The van der Waals surface area contributed by atoms with Gasteiger partial charge in [0.2, 0.25) is 0 Å². The Morgan fingerprint density at radius 1 is 1.38 bits per heavy atom. The molecule has 0 unspecified atom stereocenters. The van der Waals surface area contributed by atoms with E-state index >= 15 is 0 Å². The number of halogens is 1. The topological polar surface area (TPSA) is 140 Å². The lowest BCUT2D eigenvalue weighted by atomic mass is 10.3. The lowest BCUT2D eigenvalue weighted by Gasteiger charge is -2.00. The Morgan fingerprint density at radius 2 is 2.23 bits per heavy atom. The molecule has 4 heterocycles. The van der Waals surface area contributed by atoms with E-state index in [1.807, 2.05) is 0 Å². The molecule has 0 radical (unpaired) electrons. The number of carboxylic acid groups (broad SMARTS) is 1. The summed E-state index contributed by atoms with van der Waals surface area (Å²) in [5.74, 6) is -1.55. The van der Waals surface area contributed by atoms with Crippen molar-refractivity contribution in [2.24, 2.45) is 0 Å². The second kappa shape index (κ2) is 6.28. The predicted octanol–water partition coefficient (Wildman–Crippen LogP) is 2.34. The Kier molecular flexibility index (Phi) is 3.93. The number of aromatic amines is 1. The molecule has 0 aromatic carbocycles. The summed E-state index contributed by atoms with van der Waals surface area (Å²) < 4.78 is 11.9. The van der Waals surface area contributed by atoms with Crippen LogP contribution in [0.4, 0.5) is 0 Å². The number of H-pyrrole nitrogens is 1. The summed E-state index contributed by atoms with van der Waals surface area (Å²) >= 11 is 7.24. The summed E-state index contributed by atoms with van der Waals surface area (Å²) in [4.78, 5) is 23.3. The molecule has 0 saturated heterocycles. The maximum Gasteiger partial charge on any atom is 0.434 e. The number of nitrogens with zero attached hydrogens (tertiary/aromatic N) is 4. The number of carbonyl (C=O) groups is 1. The average Bonchev–Trinajstić information content (AvgIpc) is 3.34. The largest absolute Gasteiger partial charge is 0.477 e. The fourth-order valence-electron chi connectivity index (χ4n) is 2.26. The van der Waals surface area contributed by atoms with Crippen molar-refractivity contribution >= 4 is 28.9 Å². The van der Waals surface area contributed by atoms with Crippen LogP contribution in [-0.4, -0.2) is 36.2 Å². The average molecular weight is 394 g/mol. The Morgan fingerprint density at radius 3 is 2.88 bits per heavy atom. The first kappa shape index (κ1) is 16.3. The minimum absolute atomic E-state index is 0.0406. The van der Waals surface area contributed by atoms with Crippen molar-refractivity contribution in [1.29, 1.82) is 0 Å². The molecule has 4 aromatic heterocycles. The summed E-state index contributed by atoms with van der Waals surface area (Å²) in [5, 5.41) is 23.1. The van der Waals surface area contributed by atoms with Crippen LogP contribution in [0.15, 0.2) is 38.0 Å². The summed E-state index contributed by atoms with van der Waals surface area (Å²) in [6.45, 7) is 0.0406. The molecule has 0 spiro atoms. The summed E-state index contributed by atoms with van der Waals surface area (Å²) in [6.07, 6.45) is 0. The number of thiophene rings is 1. The van der Waals surface area contributed by atoms with E-state index < -0.39 is 11.7 Å². The van der Waals surface area contributed by atoms with Gasteiger partial charge in [-0.15, -0.1) is 16.4 Å². The van der Waals surface area contributed by atoms with Crippen molar-refractivity contribution in [1.82, 2.24) is 25.1 Å². The second-order valence-corrected chi connectivity index (χ2v) is 6.80. The Hall–Kier alpha value is -3.18. The third kappa shape index (κ3) is 3.05. The van der Waals surface area contributed by atoms with Gasteiger partial charge in [-0.1, -0.05) is 16.8 Å². The van der Waals surface area contributed by atoms with Gasteiger partial charge < -0.3 is 14.0 Å². The van der Waals surface area contributed by atoms with Crippen LogP contribution in [0.1, 0.15) is 16.2 Å². The van der Waals surface area contributed by atoms with E-state index in [9.17, 15) is 14.7 Å². The van der Waals surface area contributed by atoms with Gasteiger partial charge >= 0.3 is 11.7 Å². The van der Waals surface area contributed by atoms with Gasteiger partial charge in [0.15, 0.2) is 11.5 Å². The quantitative estimate of drug-likeness (QED) is 0.526. The van der Waals surface area contributed by atoms with Crippen LogP contribution >= 0.6 is 22.9 Å². The molecule has 132 valence electrons. The Labute approximate surface area is 152 Å². The smallest absolute Gasteiger partial charge is 0.434 e. The molecule has 0 aliphatic heterocycles. The molecule has 26 heavy (non-hydrogen) atoms. The van der Waals surface area contributed by atoms with Crippen LogP contribution in [-0.2, 0) is 6.54 Å². The van der Waals surface area contributed by atoms with Gasteiger partial charge in [-0.05, 0) is 12.1 Å². The lowest BCUT2D eigenvalue weighted by molar-refractivity contribution is 0.0684. The van der Waals surface area contributed by atoms with Crippen molar-refractivity contribution in [3.8, 4) is 22.2 Å². The van der Waals surface area contributed by atoms with Crippen molar-refractivity contribution in [3.63, 3.8) is 0 Å². The van der Waals surface area contributed by atoms with Crippen molar-refractivity contribution < 1.29 is 18.8 Å². The number of carboxylic acids is 1. The summed E-state index contributed by atoms with van der Waals surface area (Å²) in [7, 11) is 0. The molecule has 0 amide bonds. The van der Waals surface area contributed by atoms with Gasteiger partial charge in [-0.25, -0.2) is 14.7 Å². The molecule has 0 saturated carbocycles. The van der Waals surface area contributed by atoms with Gasteiger partial charge in [-0.2, -0.15) is 5.10 Å². The Balaban J connectivity index is 1.65. The number of rotatable bonds is 5. The zero-order chi connectivity index (χ0) is 18.3. The van der Waals surface area contributed by atoms with Crippen LogP contribution in [0, 0.1) is 0 Å². The first-order chi connectivity index (χ1) is 12.5. The molecule has 0 bridgehead atoms. The minimum atomic E-state index is -1.20. The maximum absolute atomic E-state index is 11.5. The number of aromatic nitrogens is 5. The highest BCUT2D eigenvalue weighted by Crippen LogP contribution is 2.31. The highest BCUT2D eigenvalue weighted by atomic mass is 35.5. The summed E-state index contributed by atoms with van der Waals surface area (Å²) in [5.41, 5.74) is 0.453. The van der Waals surface area contributed by atoms with E-state index in [0.717, 1.165) is 4.88 Å². The van der Waals surface area contributed by atoms with E-state index in [2.05, 4.69) is 20.5 Å². The summed E-state index contributed by atoms with van der Waals surface area (Å²) in [6, 6.07) is 6.46. The normalized spacial score (nSPS) is 11.1. The van der Waals surface area contributed by atoms with Gasteiger partial charge in [0.05, 0.1) is 15.8 Å². The number of hydrogen-bond donors (Lipinski definition) is 2. The molecule has 4 aromatic rings. The van der Waals surface area contributed by atoms with Crippen LogP contribution < -0.4 is 5.76 Å². The number of hydrogen-bond acceptors (Lipinski definition) is 8. The first-order valence-corrected chi connectivity index (χ1v) is 8.27. The third-order valence-electron chi connectivity index (χ3n) is 3.34. The molecular formula is C14H8ClN5O5S. The molecular weight excluding hydrogens is 386 g/mol. The van der Waals surface area contributed by atoms with Crippen molar-refractivity contribution in [3.05, 3.63) is 50.5 Å². The standard InChI is InChI=1S/C14H8ClN5O5S/c15-11-2-1-10(26-11)9-3-6(19-25-9)5-20-8(13(21)22)4-7(18-20)12-16-17-14(23)24-12/h1-4H,5H2,(H,17,23)(H,21,22). The number of aromatic carboxylic acids is 1. The lowest BCUT2D eigenvalue weighted by Crippen LogP contribution is -2.11. The van der Waals surface area contributed by atoms with E-state index in [1.54, 1.807) is 18.2 Å². The predicted molar refractivity (Wildman–Crippen MR) is 89.2 cm³/mol. The van der Waals surface area contributed by atoms with Gasteiger partial charge in [0, 0.05) is 12.1 Å². The SMILES string of the molecule is O=C(O)c1cc(-c2n[nH]c(=O)o2)nn1Cc1cc(-c2ccc(Cl)s2)on1. The fraction of sp³-hybridized carbons (Fsp3) is 0.0714. The molecule has 12 heteroatoms. The van der Waals surface area contributed by atoms with Gasteiger partial charge in [0.1, 0.15) is 11.4 Å². The Bertz CT molecular complexity index is 1150. The van der Waals surface area contributed by atoms with Crippen LogP contribution in [0.5, 0.6) is 0 Å². The molecule has 0 aliphatic rings. The second-order valence-electron chi connectivity index (χ2n) is 5.08. The zero-order valence-corrected chi connectivity index (χ0v) is 14.2. The van der Waals surface area contributed by atoms with Crippen molar-refractivity contribution in [2.75, 3.05) is 0 Å². The van der Waals surface area contributed by atoms with Crippen molar-refractivity contribution in [2.45, 2.75) is 6.54 Å². The highest BCUT2D eigenvalue weighted by molar-refractivity contribution is 7.19. The van der Waals surface area contributed by atoms with Crippen LogP contribution in [0.2, 0.25) is 4.34 Å².